The molecule has 2 aliphatic rings. The van der Waals surface area contributed by atoms with Crippen LogP contribution < -0.4 is 10.6 Å². The first-order chi connectivity index (χ1) is 12.8. The second kappa shape index (κ2) is 11.7. The summed E-state index contributed by atoms with van der Waals surface area (Å²) >= 11 is 0. The number of ether oxygens (including phenoxy) is 1. The molecular formula is C21H33IN4O. The second-order valence-corrected chi connectivity index (χ2v) is 7.08. The van der Waals surface area contributed by atoms with Gasteiger partial charge in [0.1, 0.15) is 0 Å². The standard InChI is InChI=1S/C21H32N4O.HI/c1-3-22-21(24-19-9-4-5-10-19)23-16-20(25-11-13-26-14-12-25)18-8-6-7-17(2)15-18;/h4-8,15,19-20H,3,9-14,16H2,1-2H3,(H2,22,23,24);1H. The number of halogens is 1. The topological polar surface area (TPSA) is 48.9 Å². The molecule has 6 heteroatoms. The van der Waals surface area contributed by atoms with Crippen LogP contribution in [0.15, 0.2) is 41.4 Å². The number of aliphatic imine (C=N–C) groups is 1. The van der Waals surface area contributed by atoms with Crippen molar-refractivity contribution in [3.05, 3.63) is 47.5 Å². The molecule has 1 heterocycles. The first-order valence-electron chi connectivity index (χ1n) is 9.84. The largest absolute Gasteiger partial charge is 0.379 e. The first kappa shape index (κ1) is 22.2. The number of nitrogens with zero attached hydrogens (tertiary/aromatic N) is 2. The van der Waals surface area contributed by atoms with Gasteiger partial charge in [-0.2, -0.15) is 0 Å². The molecule has 1 saturated heterocycles. The predicted octanol–water partition coefficient (Wildman–Crippen LogP) is 3.26. The zero-order chi connectivity index (χ0) is 18.2. The molecule has 1 aliphatic carbocycles. The lowest BCUT2D eigenvalue weighted by Crippen LogP contribution is -2.44. The molecule has 150 valence electrons. The van der Waals surface area contributed by atoms with Crippen molar-refractivity contribution in [3.63, 3.8) is 0 Å². The van der Waals surface area contributed by atoms with Crippen LogP contribution in [0.5, 0.6) is 0 Å². The van der Waals surface area contributed by atoms with Crippen LogP contribution in [0, 0.1) is 6.92 Å². The van der Waals surface area contributed by atoms with E-state index in [0.717, 1.165) is 58.2 Å². The molecule has 1 unspecified atom stereocenters. The summed E-state index contributed by atoms with van der Waals surface area (Å²) in [4.78, 5) is 7.45. The van der Waals surface area contributed by atoms with E-state index in [2.05, 4.69) is 65.8 Å². The number of aryl methyl sites for hydroxylation is 1. The third kappa shape index (κ3) is 6.76. The molecule has 1 atom stereocenters. The van der Waals surface area contributed by atoms with Gasteiger partial charge in [-0.25, -0.2) is 0 Å². The summed E-state index contributed by atoms with van der Waals surface area (Å²) in [5.74, 6) is 0.923. The van der Waals surface area contributed by atoms with E-state index in [1.807, 2.05) is 0 Å². The van der Waals surface area contributed by atoms with Gasteiger partial charge in [0.15, 0.2) is 5.96 Å². The van der Waals surface area contributed by atoms with E-state index in [9.17, 15) is 0 Å². The minimum Gasteiger partial charge on any atom is -0.379 e. The van der Waals surface area contributed by atoms with Gasteiger partial charge in [-0.05, 0) is 32.3 Å². The smallest absolute Gasteiger partial charge is 0.191 e. The van der Waals surface area contributed by atoms with Crippen LogP contribution in [0.4, 0.5) is 0 Å². The van der Waals surface area contributed by atoms with Gasteiger partial charge in [-0.15, -0.1) is 24.0 Å². The van der Waals surface area contributed by atoms with Gasteiger partial charge in [0, 0.05) is 25.7 Å². The van der Waals surface area contributed by atoms with Crippen molar-refractivity contribution in [2.24, 2.45) is 4.99 Å². The quantitative estimate of drug-likeness (QED) is 0.282. The monoisotopic (exact) mass is 484 g/mol. The van der Waals surface area contributed by atoms with Gasteiger partial charge in [-0.3, -0.25) is 9.89 Å². The van der Waals surface area contributed by atoms with Gasteiger partial charge >= 0.3 is 0 Å². The van der Waals surface area contributed by atoms with Crippen LogP contribution in [0.25, 0.3) is 0 Å². The maximum absolute atomic E-state index is 5.55. The Morgan fingerprint density at radius 1 is 1.26 bits per heavy atom. The highest BCUT2D eigenvalue weighted by Gasteiger charge is 2.23. The number of nitrogens with one attached hydrogen (secondary N) is 2. The Morgan fingerprint density at radius 2 is 2.00 bits per heavy atom. The van der Waals surface area contributed by atoms with Crippen molar-refractivity contribution in [1.29, 1.82) is 0 Å². The fourth-order valence-corrected chi connectivity index (χ4v) is 3.62. The van der Waals surface area contributed by atoms with Crippen LogP contribution in [0.2, 0.25) is 0 Å². The molecule has 0 spiro atoms. The number of guanidine groups is 1. The minimum absolute atomic E-state index is 0. The SMILES string of the molecule is CCNC(=NCC(c1cccc(C)c1)N1CCOCC1)NC1CC=CC1.I. The average Bonchev–Trinajstić information content (AvgIpc) is 3.16. The average molecular weight is 484 g/mol. The Kier molecular flexibility index (Phi) is 9.58. The number of benzene rings is 1. The Hall–Kier alpha value is -1.12. The Balaban J connectivity index is 0.00000261. The normalized spacial score (nSPS) is 19.6. The number of rotatable bonds is 6. The van der Waals surface area contributed by atoms with E-state index < -0.39 is 0 Å². The molecule has 0 bridgehead atoms. The summed E-state index contributed by atoms with van der Waals surface area (Å²) < 4.78 is 5.55. The highest BCUT2D eigenvalue weighted by molar-refractivity contribution is 14.0. The number of morpholine rings is 1. The van der Waals surface area contributed by atoms with Crippen molar-refractivity contribution in [2.45, 2.75) is 38.8 Å². The first-order valence-corrected chi connectivity index (χ1v) is 9.84. The number of hydrogen-bond acceptors (Lipinski definition) is 3. The summed E-state index contributed by atoms with van der Waals surface area (Å²) in [5.41, 5.74) is 2.64. The maximum Gasteiger partial charge on any atom is 0.191 e. The fourth-order valence-electron chi connectivity index (χ4n) is 3.62. The molecular weight excluding hydrogens is 451 g/mol. The third-order valence-corrected chi connectivity index (χ3v) is 5.03. The lowest BCUT2D eigenvalue weighted by atomic mass is 10.0. The van der Waals surface area contributed by atoms with Gasteiger partial charge in [-0.1, -0.05) is 42.0 Å². The molecule has 1 fully saturated rings. The predicted molar refractivity (Wildman–Crippen MR) is 123 cm³/mol. The molecule has 1 aromatic carbocycles. The van der Waals surface area contributed by atoms with Crippen molar-refractivity contribution < 1.29 is 4.74 Å². The van der Waals surface area contributed by atoms with Gasteiger partial charge in [0.05, 0.1) is 25.8 Å². The molecule has 0 radical (unpaired) electrons. The molecule has 0 amide bonds. The van der Waals surface area contributed by atoms with Crippen LogP contribution in [0.3, 0.4) is 0 Å². The van der Waals surface area contributed by atoms with Crippen molar-refractivity contribution >= 4 is 29.9 Å². The van der Waals surface area contributed by atoms with Gasteiger partial charge < -0.3 is 15.4 Å². The highest BCUT2D eigenvalue weighted by Crippen LogP contribution is 2.23. The molecule has 1 aromatic rings. The Bertz CT molecular complexity index is 620. The molecule has 2 N–H and O–H groups in total. The zero-order valence-corrected chi connectivity index (χ0v) is 18.8. The van der Waals surface area contributed by atoms with E-state index in [0.29, 0.717) is 6.04 Å². The zero-order valence-electron chi connectivity index (χ0n) is 16.5. The van der Waals surface area contributed by atoms with Crippen LogP contribution in [-0.2, 0) is 4.74 Å². The lowest BCUT2D eigenvalue weighted by Gasteiger charge is -2.34. The molecule has 0 saturated carbocycles. The van der Waals surface area contributed by atoms with Gasteiger partial charge in [0.25, 0.3) is 0 Å². The van der Waals surface area contributed by atoms with Gasteiger partial charge in [0.2, 0.25) is 0 Å². The van der Waals surface area contributed by atoms with E-state index in [-0.39, 0.29) is 30.0 Å². The van der Waals surface area contributed by atoms with Crippen LogP contribution in [0.1, 0.15) is 36.9 Å². The molecule has 27 heavy (non-hydrogen) atoms. The highest BCUT2D eigenvalue weighted by atomic mass is 127. The van der Waals surface area contributed by atoms with Crippen LogP contribution in [-0.4, -0.2) is 56.3 Å². The van der Waals surface area contributed by atoms with E-state index in [4.69, 9.17) is 9.73 Å². The third-order valence-electron chi connectivity index (χ3n) is 5.03. The lowest BCUT2D eigenvalue weighted by molar-refractivity contribution is 0.0179. The molecule has 0 aromatic heterocycles. The minimum atomic E-state index is 0. The van der Waals surface area contributed by atoms with Crippen molar-refractivity contribution in [1.82, 2.24) is 15.5 Å². The van der Waals surface area contributed by atoms with Crippen molar-refractivity contribution in [3.8, 4) is 0 Å². The Morgan fingerprint density at radius 3 is 2.67 bits per heavy atom. The van der Waals surface area contributed by atoms with E-state index in [1.165, 1.54) is 11.1 Å². The number of hydrogen-bond donors (Lipinski definition) is 2. The summed E-state index contributed by atoms with van der Waals surface area (Å²) in [7, 11) is 0. The molecule has 3 rings (SSSR count). The summed E-state index contributed by atoms with van der Waals surface area (Å²) in [6, 6.07) is 9.57. The Labute approximate surface area is 180 Å². The summed E-state index contributed by atoms with van der Waals surface area (Å²) in [6.07, 6.45) is 6.64. The molecule has 1 aliphatic heterocycles. The fraction of sp³-hybridized carbons (Fsp3) is 0.571. The summed E-state index contributed by atoms with van der Waals surface area (Å²) in [5, 5.41) is 6.97. The summed E-state index contributed by atoms with van der Waals surface area (Å²) in [6.45, 7) is 9.43. The van der Waals surface area contributed by atoms with E-state index >= 15 is 0 Å². The molecule has 5 nitrogen and oxygen atoms in total. The van der Waals surface area contributed by atoms with Crippen molar-refractivity contribution in [2.75, 3.05) is 39.4 Å². The van der Waals surface area contributed by atoms with E-state index in [1.54, 1.807) is 0 Å². The van der Waals surface area contributed by atoms with Crippen LogP contribution >= 0.6 is 24.0 Å². The maximum atomic E-state index is 5.55. The second-order valence-electron chi connectivity index (χ2n) is 7.08.